The number of aromatic nitrogens is 3. The summed E-state index contributed by atoms with van der Waals surface area (Å²) in [5.41, 5.74) is 4.46. The van der Waals surface area contributed by atoms with E-state index in [1.807, 2.05) is 32.0 Å². The molecule has 4 aromatic rings. The van der Waals surface area contributed by atoms with Gasteiger partial charge in [0.2, 0.25) is 0 Å². The second kappa shape index (κ2) is 10.5. The number of hydrogen-bond donors (Lipinski definition) is 2. The summed E-state index contributed by atoms with van der Waals surface area (Å²) in [4.78, 5) is 13.8. The molecule has 0 bridgehead atoms. The van der Waals surface area contributed by atoms with Gasteiger partial charge in [-0.3, -0.25) is 10.1 Å². The lowest BCUT2D eigenvalue weighted by Gasteiger charge is -2.12. The van der Waals surface area contributed by atoms with Crippen LogP contribution in [0.25, 0.3) is 16.7 Å². The number of thiocarbonyl (C=S) groups is 1. The number of hydrogen-bond acceptors (Lipinski definition) is 6. The topological polar surface area (TPSA) is 90.3 Å². The summed E-state index contributed by atoms with van der Waals surface area (Å²) in [6.07, 6.45) is 0. The monoisotopic (exact) mass is 529 g/mol. The molecular formula is C24H21Cl2N5O3S. The third-order valence-corrected chi connectivity index (χ3v) is 6.02. The van der Waals surface area contributed by atoms with Crippen molar-refractivity contribution in [2.24, 2.45) is 0 Å². The minimum Gasteiger partial charge on any atom is -0.495 e. The number of carbonyl (C=O) groups excluding carboxylic acids is 1. The van der Waals surface area contributed by atoms with Crippen LogP contribution in [0.3, 0.4) is 0 Å². The Hall–Kier alpha value is -3.40. The molecule has 4 rings (SSSR count). The third kappa shape index (κ3) is 5.82. The van der Waals surface area contributed by atoms with Crippen LogP contribution in [0, 0.1) is 13.8 Å². The van der Waals surface area contributed by atoms with Gasteiger partial charge in [-0.05, 0) is 85.7 Å². The average molecular weight is 530 g/mol. The van der Waals surface area contributed by atoms with E-state index in [1.165, 1.54) is 4.80 Å². The Labute approximate surface area is 217 Å². The maximum atomic E-state index is 12.3. The van der Waals surface area contributed by atoms with Crippen LogP contribution in [0.1, 0.15) is 11.1 Å². The first kappa shape index (κ1) is 24.7. The summed E-state index contributed by atoms with van der Waals surface area (Å²) in [5.74, 6) is 0.721. The first-order valence-electron chi connectivity index (χ1n) is 10.4. The lowest BCUT2D eigenvalue weighted by molar-refractivity contribution is -0.121. The van der Waals surface area contributed by atoms with E-state index in [-0.39, 0.29) is 11.7 Å². The highest BCUT2D eigenvalue weighted by Gasteiger charge is 2.12. The summed E-state index contributed by atoms with van der Waals surface area (Å²) in [6, 6.07) is 14.2. The van der Waals surface area contributed by atoms with Crippen LogP contribution in [0.4, 0.5) is 5.69 Å². The molecule has 0 saturated heterocycles. The first-order chi connectivity index (χ1) is 16.7. The van der Waals surface area contributed by atoms with Crippen molar-refractivity contribution in [1.29, 1.82) is 0 Å². The molecule has 3 aromatic carbocycles. The number of ether oxygens (including phenoxy) is 2. The molecule has 0 fully saturated rings. The summed E-state index contributed by atoms with van der Waals surface area (Å²) in [7, 11) is 1.55. The van der Waals surface area contributed by atoms with Gasteiger partial charge in [-0.2, -0.15) is 4.80 Å². The van der Waals surface area contributed by atoms with Gasteiger partial charge >= 0.3 is 0 Å². The van der Waals surface area contributed by atoms with E-state index < -0.39 is 5.91 Å². The summed E-state index contributed by atoms with van der Waals surface area (Å²) >= 11 is 17.5. The number of rotatable bonds is 6. The third-order valence-electron chi connectivity index (χ3n) is 5.09. The highest BCUT2D eigenvalue weighted by Crippen LogP contribution is 2.27. The van der Waals surface area contributed by atoms with Crippen LogP contribution >= 0.6 is 35.4 Å². The zero-order valence-electron chi connectivity index (χ0n) is 19.1. The van der Waals surface area contributed by atoms with Gasteiger partial charge in [0.05, 0.1) is 17.8 Å². The zero-order chi connectivity index (χ0) is 25.1. The Balaban J connectivity index is 1.42. The zero-order valence-corrected chi connectivity index (χ0v) is 21.4. The predicted octanol–water partition coefficient (Wildman–Crippen LogP) is 5.24. The molecule has 0 spiro atoms. The number of aryl methyl sites for hydroxylation is 2. The van der Waals surface area contributed by atoms with Crippen molar-refractivity contribution in [2.75, 3.05) is 19.0 Å². The maximum Gasteiger partial charge on any atom is 0.264 e. The molecule has 180 valence electrons. The van der Waals surface area contributed by atoms with Crippen LogP contribution in [0.5, 0.6) is 11.5 Å². The van der Waals surface area contributed by atoms with Gasteiger partial charge in [0.1, 0.15) is 22.5 Å². The van der Waals surface area contributed by atoms with Crippen molar-refractivity contribution in [3.05, 3.63) is 69.7 Å². The van der Waals surface area contributed by atoms with Crippen molar-refractivity contribution in [3.8, 4) is 17.2 Å². The first-order valence-corrected chi connectivity index (χ1v) is 11.6. The lowest BCUT2D eigenvalue weighted by Crippen LogP contribution is -2.37. The number of fused-ring (bicyclic) bond motifs is 1. The Kier molecular flexibility index (Phi) is 7.39. The summed E-state index contributed by atoms with van der Waals surface area (Å²) in [5, 5.41) is 15.9. The number of anilines is 1. The van der Waals surface area contributed by atoms with Gasteiger partial charge < -0.3 is 14.8 Å². The van der Waals surface area contributed by atoms with Crippen molar-refractivity contribution in [3.63, 3.8) is 0 Å². The summed E-state index contributed by atoms with van der Waals surface area (Å²) in [6.45, 7) is 3.57. The Bertz CT molecular complexity index is 1440. The van der Waals surface area contributed by atoms with Crippen LogP contribution in [0.15, 0.2) is 48.5 Å². The van der Waals surface area contributed by atoms with Crippen LogP contribution in [-0.2, 0) is 4.79 Å². The molecule has 0 aliphatic rings. The number of nitrogens with one attached hydrogen (secondary N) is 2. The number of carbonyl (C=O) groups is 1. The fourth-order valence-electron chi connectivity index (χ4n) is 3.27. The number of amides is 1. The normalized spacial score (nSPS) is 10.8. The lowest BCUT2D eigenvalue weighted by atomic mass is 10.2. The highest BCUT2D eigenvalue weighted by molar-refractivity contribution is 7.80. The molecule has 0 atom stereocenters. The van der Waals surface area contributed by atoms with Gasteiger partial charge in [0.15, 0.2) is 11.7 Å². The second-order valence-electron chi connectivity index (χ2n) is 7.67. The standard InChI is InChI=1S/C24H21Cl2N5O3S/c1-13-8-16(5-6-17(13)25)34-12-23(32)28-24(35)27-19-11-21-20(9-14(19)2)29-31(30-21)15-4-7-22(33-3)18(26)10-15/h4-11H,12H2,1-3H3,(H2,27,28,32,35). The van der Waals surface area contributed by atoms with Crippen molar-refractivity contribution in [2.45, 2.75) is 13.8 Å². The molecule has 0 radical (unpaired) electrons. The molecule has 1 aromatic heterocycles. The summed E-state index contributed by atoms with van der Waals surface area (Å²) < 4.78 is 10.7. The SMILES string of the molecule is COc1ccc(-n2nc3cc(C)c(NC(=S)NC(=O)COc4ccc(Cl)c(C)c4)cc3n2)cc1Cl. The molecule has 8 nitrogen and oxygen atoms in total. The maximum absolute atomic E-state index is 12.3. The fourth-order valence-corrected chi connectivity index (χ4v) is 3.86. The largest absolute Gasteiger partial charge is 0.495 e. The van der Waals surface area contributed by atoms with E-state index >= 15 is 0 Å². The molecule has 1 heterocycles. The van der Waals surface area contributed by atoms with Crippen LogP contribution in [0.2, 0.25) is 10.0 Å². The average Bonchev–Trinajstić information content (AvgIpc) is 3.22. The van der Waals surface area contributed by atoms with Crippen molar-refractivity contribution >= 4 is 63.2 Å². The Morgan fingerprint density at radius 1 is 1.00 bits per heavy atom. The molecule has 2 N–H and O–H groups in total. The minimum atomic E-state index is -0.392. The smallest absolute Gasteiger partial charge is 0.264 e. The Morgan fingerprint density at radius 3 is 2.43 bits per heavy atom. The fraction of sp³-hybridized carbons (Fsp3) is 0.167. The van der Waals surface area contributed by atoms with E-state index in [4.69, 9.17) is 44.9 Å². The molecule has 0 aliphatic carbocycles. The van der Waals surface area contributed by atoms with Gasteiger partial charge in [-0.15, -0.1) is 10.2 Å². The van der Waals surface area contributed by atoms with Gasteiger partial charge in [-0.25, -0.2) is 0 Å². The highest BCUT2D eigenvalue weighted by atomic mass is 35.5. The van der Waals surface area contributed by atoms with Gasteiger partial charge in [-0.1, -0.05) is 23.2 Å². The van der Waals surface area contributed by atoms with Crippen LogP contribution < -0.4 is 20.1 Å². The molecular weight excluding hydrogens is 509 g/mol. The molecule has 35 heavy (non-hydrogen) atoms. The van der Waals surface area contributed by atoms with Crippen LogP contribution in [-0.4, -0.2) is 39.7 Å². The molecule has 1 amide bonds. The van der Waals surface area contributed by atoms with Crippen molar-refractivity contribution in [1.82, 2.24) is 20.3 Å². The van der Waals surface area contributed by atoms with E-state index in [0.717, 1.165) is 11.1 Å². The van der Waals surface area contributed by atoms with Gasteiger partial charge in [0.25, 0.3) is 5.91 Å². The number of halogens is 2. The molecule has 0 saturated carbocycles. The number of nitrogens with zero attached hydrogens (tertiary/aromatic N) is 3. The predicted molar refractivity (Wildman–Crippen MR) is 141 cm³/mol. The van der Waals surface area contributed by atoms with Crippen molar-refractivity contribution < 1.29 is 14.3 Å². The molecule has 11 heteroatoms. The van der Waals surface area contributed by atoms with E-state index in [1.54, 1.807) is 37.4 Å². The van der Waals surface area contributed by atoms with E-state index in [9.17, 15) is 4.79 Å². The van der Waals surface area contributed by atoms with E-state index in [0.29, 0.717) is 44.0 Å². The van der Waals surface area contributed by atoms with E-state index in [2.05, 4.69) is 20.8 Å². The number of methoxy groups -OCH3 is 1. The minimum absolute atomic E-state index is 0.141. The second-order valence-corrected chi connectivity index (χ2v) is 8.89. The Morgan fingerprint density at radius 2 is 1.74 bits per heavy atom. The van der Waals surface area contributed by atoms with Gasteiger partial charge in [0, 0.05) is 10.7 Å². The molecule has 0 aliphatic heterocycles. The quantitative estimate of drug-likeness (QED) is 0.330. The molecule has 0 unspecified atom stereocenters. The number of benzene rings is 3.